The molecule has 0 spiro atoms. The molecule has 1 atom stereocenters. The molecule has 14 heavy (non-hydrogen) atoms. The number of carbonyl (C=O) groups excluding carboxylic acids is 1. The molecule has 0 heterocycles. The van der Waals surface area contributed by atoms with Crippen LogP contribution in [0.5, 0.6) is 0 Å². The van der Waals surface area contributed by atoms with E-state index in [4.69, 9.17) is 14.6 Å². The highest BCUT2D eigenvalue weighted by atomic mass is 16.5. The van der Waals surface area contributed by atoms with Gasteiger partial charge in [0.05, 0.1) is 19.3 Å². The third-order valence-electron chi connectivity index (χ3n) is 1.53. The molecule has 0 saturated carbocycles. The first-order chi connectivity index (χ1) is 6.74. The maximum absolute atomic E-state index is 11.2. The van der Waals surface area contributed by atoms with Gasteiger partial charge in [-0.25, -0.2) is 0 Å². The summed E-state index contributed by atoms with van der Waals surface area (Å²) in [5.41, 5.74) is 0. The molecule has 0 saturated heterocycles. The number of carbonyl (C=O) groups is 1. The Labute approximate surface area is 84.4 Å². The van der Waals surface area contributed by atoms with E-state index >= 15 is 0 Å². The molecule has 0 aromatic heterocycles. The highest BCUT2D eigenvalue weighted by molar-refractivity contribution is 5.77. The SMILES string of the molecule is CCCOCC(=O)NC(CO)COC. The van der Waals surface area contributed by atoms with Crippen molar-refractivity contribution >= 4 is 5.91 Å². The molecule has 0 aliphatic heterocycles. The molecule has 84 valence electrons. The predicted octanol–water partition coefficient (Wildman–Crippen LogP) is -0.463. The first-order valence-corrected chi connectivity index (χ1v) is 4.71. The number of ether oxygens (including phenoxy) is 2. The number of methoxy groups -OCH3 is 1. The normalized spacial score (nSPS) is 12.5. The second-order valence-electron chi connectivity index (χ2n) is 2.95. The minimum absolute atomic E-state index is 0.0358. The summed E-state index contributed by atoms with van der Waals surface area (Å²) in [6.07, 6.45) is 0.884. The van der Waals surface area contributed by atoms with E-state index in [-0.39, 0.29) is 25.2 Å². The predicted molar refractivity (Wildman–Crippen MR) is 52.0 cm³/mol. The van der Waals surface area contributed by atoms with Gasteiger partial charge in [-0.2, -0.15) is 0 Å². The van der Waals surface area contributed by atoms with Crippen molar-refractivity contribution in [2.24, 2.45) is 0 Å². The molecule has 5 nitrogen and oxygen atoms in total. The lowest BCUT2D eigenvalue weighted by Gasteiger charge is -2.14. The third kappa shape index (κ3) is 6.82. The quantitative estimate of drug-likeness (QED) is 0.526. The number of hydrogen-bond donors (Lipinski definition) is 2. The topological polar surface area (TPSA) is 67.8 Å². The summed E-state index contributed by atoms with van der Waals surface area (Å²) in [6.45, 7) is 2.75. The van der Waals surface area contributed by atoms with Crippen molar-refractivity contribution in [3.05, 3.63) is 0 Å². The van der Waals surface area contributed by atoms with Gasteiger partial charge in [-0.1, -0.05) is 6.92 Å². The summed E-state index contributed by atoms with van der Waals surface area (Å²) >= 11 is 0. The summed E-state index contributed by atoms with van der Waals surface area (Å²) < 4.78 is 9.84. The molecule has 5 heteroatoms. The zero-order valence-electron chi connectivity index (χ0n) is 8.78. The zero-order chi connectivity index (χ0) is 10.8. The van der Waals surface area contributed by atoms with Crippen LogP contribution in [0.3, 0.4) is 0 Å². The van der Waals surface area contributed by atoms with Crippen molar-refractivity contribution in [2.75, 3.05) is 33.5 Å². The summed E-state index contributed by atoms with van der Waals surface area (Å²) in [4.78, 5) is 11.2. The number of nitrogens with one attached hydrogen (secondary N) is 1. The Morgan fingerprint density at radius 1 is 1.57 bits per heavy atom. The van der Waals surface area contributed by atoms with Gasteiger partial charge >= 0.3 is 0 Å². The van der Waals surface area contributed by atoms with E-state index in [1.165, 1.54) is 7.11 Å². The molecule has 1 amide bonds. The highest BCUT2D eigenvalue weighted by Crippen LogP contribution is 1.85. The van der Waals surface area contributed by atoms with Crippen molar-refractivity contribution in [2.45, 2.75) is 19.4 Å². The van der Waals surface area contributed by atoms with Crippen LogP contribution in [0.2, 0.25) is 0 Å². The van der Waals surface area contributed by atoms with Crippen molar-refractivity contribution < 1.29 is 19.4 Å². The van der Waals surface area contributed by atoms with Crippen LogP contribution < -0.4 is 5.32 Å². The van der Waals surface area contributed by atoms with E-state index in [2.05, 4.69) is 5.32 Å². The fraction of sp³-hybridized carbons (Fsp3) is 0.889. The second kappa shape index (κ2) is 8.93. The third-order valence-corrected chi connectivity index (χ3v) is 1.53. The van der Waals surface area contributed by atoms with E-state index in [9.17, 15) is 4.79 Å². The molecule has 0 aromatic carbocycles. The van der Waals surface area contributed by atoms with Crippen LogP contribution in [0.25, 0.3) is 0 Å². The van der Waals surface area contributed by atoms with Crippen molar-refractivity contribution in [3.8, 4) is 0 Å². The molecule has 0 radical (unpaired) electrons. The van der Waals surface area contributed by atoms with Gasteiger partial charge < -0.3 is 19.9 Å². The van der Waals surface area contributed by atoms with Crippen LogP contribution in [0.4, 0.5) is 0 Å². The van der Waals surface area contributed by atoms with Crippen LogP contribution in [-0.4, -0.2) is 50.6 Å². The lowest BCUT2D eigenvalue weighted by atomic mass is 10.3. The Hall–Kier alpha value is -0.650. The van der Waals surface area contributed by atoms with Crippen LogP contribution in [0, 0.1) is 0 Å². The Kier molecular flexibility index (Phi) is 8.51. The number of rotatable bonds is 8. The van der Waals surface area contributed by atoms with Crippen LogP contribution in [0.15, 0.2) is 0 Å². The average Bonchev–Trinajstić information content (AvgIpc) is 2.17. The van der Waals surface area contributed by atoms with Gasteiger partial charge in [0.2, 0.25) is 5.91 Å². The Bertz CT molecular complexity index is 152. The summed E-state index contributed by atoms with van der Waals surface area (Å²) in [5.74, 6) is -0.227. The molecular formula is C9H19NO4. The fourth-order valence-electron chi connectivity index (χ4n) is 0.920. The number of hydrogen-bond acceptors (Lipinski definition) is 4. The van der Waals surface area contributed by atoms with Gasteiger partial charge in [0, 0.05) is 13.7 Å². The Morgan fingerprint density at radius 3 is 2.79 bits per heavy atom. The first-order valence-electron chi connectivity index (χ1n) is 4.71. The molecular weight excluding hydrogens is 186 g/mol. The molecule has 1 unspecified atom stereocenters. The van der Waals surface area contributed by atoms with Crippen LogP contribution in [0.1, 0.15) is 13.3 Å². The number of aliphatic hydroxyl groups is 1. The average molecular weight is 205 g/mol. The van der Waals surface area contributed by atoms with Crippen molar-refractivity contribution in [1.82, 2.24) is 5.32 Å². The van der Waals surface area contributed by atoms with E-state index in [0.29, 0.717) is 13.2 Å². The van der Waals surface area contributed by atoms with Crippen LogP contribution >= 0.6 is 0 Å². The van der Waals surface area contributed by atoms with Gasteiger partial charge in [0.1, 0.15) is 6.61 Å². The lowest BCUT2D eigenvalue weighted by Crippen LogP contribution is -2.42. The minimum atomic E-state index is -0.349. The van der Waals surface area contributed by atoms with E-state index < -0.39 is 0 Å². The Balaban J connectivity index is 3.56. The number of amides is 1. The van der Waals surface area contributed by atoms with Gasteiger partial charge in [-0.05, 0) is 6.42 Å². The van der Waals surface area contributed by atoms with E-state index in [1.807, 2.05) is 6.92 Å². The molecule has 0 bridgehead atoms. The summed E-state index contributed by atoms with van der Waals surface area (Å²) in [7, 11) is 1.52. The smallest absolute Gasteiger partial charge is 0.246 e. The monoisotopic (exact) mass is 205 g/mol. The lowest BCUT2D eigenvalue weighted by molar-refractivity contribution is -0.127. The summed E-state index contributed by atoms with van der Waals surface area (Å²) in [6, 6.07) is -0.349. The molecule has 2 N–H and O–H groups in total. The van der Waals surface area contributed by atoms with E-state index in [0.717, 1.165) is 6.42 Å². The second-order valence-corrected chi connectivity index (χ2v) is 2.95. The maximum atomic E-state index is 11.2. The highest BCUT2D eigenvalue weighted by Gasteiger charge is 2.10. The molecule has 0 aromatic rings. The standard InChI is InChI=1S/C9H19NO4/c1-3-4-14-7-9(12)10-8(5-11)6-13-2/h8,11H,3-7H2,1-2H3,(H,10,12). The zero-order valence-corrected chi connectivity index (χ0v) is 8.78. The molecule has 0 rings (SSSR count). The van der Waals surface area contributed by atoms with Crippen LogP contribution in [-0.2, 0) is 14.3 Å². The van der Waals surface area contributed by atoms with Crippen molar-refractivity contribution in [3.63, 3.8) is 0 Å². The van der Waals surface area contributed by atoms with Gasteiger partial charge in [0.25, 0.3) is 0 Å². The maximum Gasteiger partial charge on any atom is 0.246 e. The minimum Gasteiger partial charge on any atom is -0.394 e. The largest absolute Gasteiger partial charge is 0.394 e. The summed E-state index contributed by atoms with van der Waals surface area (Å²) in [5, 5.41) is 11.4. The van der Waals surface area contributed by atoms with E-state index in [1.54, 1.807) is 0 Å². The first kappa shape index (κ1) is 13.4. The van der Waals surface area contributed by atoms with Crippen molar-refractivity contribution in [1.29, 1.82) is 0 Å². The molecule has 0 aliphatic carbocycles. The molecule has 0 aliphatic rings. The number of aliphatic hydroxyl groups excluding tert-OH is 1. The van der Waals surface area contributed by atoms with Gasteiger partial charge in [-0.15, -0.1) is 0 Å². The van der Waals surface area contributed by atoms with Gasteiger partial charge in [-0.3, -0.25) is 4.79 Å². The fourth-order valence-corrected chi connectivity index (χ4v) is 0.920. The Morgan fingerprint density at radius 2 is 2.29 bits per heavy atom. The van der Waals surface area contributed by atoms with Gasteiger partial charge in [0.15, 0.2) is 0 Å². The molecule has 0 fully saturated rings.